The molecule has 2 aromatic rings. The smallest absolute Gasteiger partial charge is 0.162 e. The van der Waals surface area contributed by atoms with Crippen molar-refractivity contribution in [3.63, 3.8) is 0 Å². The quantitative estimate of drug-likeness (QED) is 0.824. The second kappa shape index (κ2) is 6.12. The second-order valence-corrected chi connectivity index (χ2v) is 3.93. The third-order valence-electron chi connectivity index (χ3n) is 2.61. The number of hydrogen-bond donors (Lipinski definition) is 2. The van der Waals surface area contributed by atoms with Crippen molar-refractivity contribution in [1.82, 2.24) is 5.32 Å². The largest absolute Gasteiger partial charge is 0.504 e. The molecule has 0 atom stereocenters. The molecule has 0 aliphatic carbocycles. The Morgan fingerprint density at radius 3 is 2.89 bits per heavy atom. The summed E-state index contributed by atoms with van der Waals surface area (Å²) >= 11 is 0. The topological polar surface area (TPSA) is 54.6 Å². The van der Waals surface area contributed by atoms with Gasteiger partial charge in [-0.15, -0.1) is 0 Å². The number of ether oxygens (including phenoxy) is 1. The van der Waals surface area contributed by atoms with Gasteiger partial charge < -0.3 is 19.6 Å². The summed E-state index contributed by atoms with van der Waals surface area (Å²) in [5.41, 5.74) is 1.90. The lowest BCUT2D eigenvalue weighted by Gasteiger charge is -2.10. The summed E-state index contributed by atoms with van der Waals surface area (Å²) in [4.78, 5) is 0. The molecule has 0 aliphatic heterocycles. The minimum atomic E-state index is 0.207. The maximum absolute atomic E-state index is 9.99. The van der Waals surface area contributed by atoms with E-state index in [1.54, 1.807) is 18.6 Å². The minimum absolute atomic E-state index is 0.207. The predicted octanol–water partition coefficient (Wildman–Crippen LogP) is 2.67. The van der Waals surface area contributed by atoms with Crippen molar-refractivity contribution in [1.29, 1.82) is 0 Å². The number of para-hydroxylation sites is 1. The normalized spacial score (nSPS) is 10.5. The molecule has 0 fully saturated rings. The molecule has 0 unspecified atom stereocenters. The summed E-state index contributed by atoms with van der Waals surface area (Å²) in [5.74, 6) is 0.735. The summed E-state index contributed by atoms with van der Waals surface area (Å²) in [7, 11) is 0. The van der Waals surface area contributed by atoms with Crippen LogP contribution in [0.15, 0.2) is 41.2 Å². The van der Waals surface area contributed by atoms with Gasteiger partial charge in [-0.2, -0.15) is 0 Å². The Labute approximate surface area is 106 Å². The first-order chi connectivity index (χ1) is 8.81. The highest BCUT2D eigenvalue weighted by Crippen LogP contribution is 2.29. The van der Waals surface area contributed by atoms with Crippen LogP contribution < -0.4 is 10.1 Å². The van der Waals surface area contributed by atoms with E-state index in [9.17, 15) is 5.11 Å². The van der Waals surface area contributed by atoms with Crippen LogP contribution in [0.3, 0.4) is 0 Å². The third kappa shape index (κ3) is 3.05. The van der Waals surface area contributed by atoms with E-state index in [0.29, 0.717) is 25.4 Å². The van der Waals surface area contributed by atoms with Gasteiger partial charge in [0.2, 0.25) is 0 Å². The van der Waals surface area contributed by atoms with Gasteiger partial charge in [0.25, 0.3) is 0 Å². The number of aromatic hydroxyl groups is 1. The van der Waals surface area contributed by atoms with E-state index in [1.807, 2.05) is 25.1 Å². The Morgan fingerprint density at radius 2 is 2.17 bits per heavy atom. The van der Waals surface area contributed by atoms with Crippen LogP contribution >= 0.6 is 0 Å². The van der Waals surface area contributed by atoms with Gasteiger partial charge in [0.1, 0.15) is 0 Å². The van der Waals surface area contributed by atoms with Crippen LogP contribution in [0, 0.1) is 0 Å². The second-order valence-electron chi connectivity index (χ2n) is 3.93. The number of rotatable bonds is 6. The molecule has 4 heteroatoms. The van der Waals surface area contributed by atoms with Crippen LogP contribution in [-0.4, -0.2) is 11.7 Å². The number of nitrogens with one attached hydrogen (secondary N) is 1. The van der Waals surface area contributed by atoms with Crippen LogP contribution in [0.25, 0.3) is 0 Å². The Hall–Kier alpha value is -1.94. The molecule has 0 bridgehead atoms. The maximum atomic E-state index is 9.99. The number of phenolic OH excluding ortho intramolecular Hbond substituents is 1. The minimum Gasteiger partial charge on any atom is -0.504 e. The predicted molar refractivity (Wildman–Crippen MR) is 68.5 cm³/mol. The summed E-state index contributed by atoms with van der Waals surface area (Å²) < 4.78 is 10.3. The molecule has 0 aliphatic rings. The standard InChI is InChI=1S/C14H17NO3/c1-2-18-13-5-3-4-12(14(13)16)9-15-8-11-6-7-17-10-11/h3-7,10,15-16H,2,8-9H2,1H3. The molecule has 4 nitrogen and oxygen atoms in total. The molecule has 1 heterocycles. The molecule has 1 aromatic heterocycles. The van der Waals surface area contributed by atoms with Crippen LogP contribution in [0.4, 0.5) is 0 Å². The zero-order valence-corrected chi connectivity index (χ0v) is 10.3. The first-order valence-corrected chi connectivity index (χ1v) is 5.96. The summed E-state index contributed by atoms with van der Waals surface area (Å²) in [5, 5.41) is 13.2. The van der Waals surface area contributed by atoms with E-state index in [2.05, 4.69) is 5.32 Å². The van der Waals surface area contributed by atoms with Crippen molar-refractivity contribution >= 4 is 0 Å². The van der Waals surface area contributed by atoms with E-state index < -0.39 is 0 Å². The molecule has 0 spiro atoms. The first-order valence-electron chi connectivity index (χ1n) is 5.96. The molecule has 0 saturated carbocycles. The van der Waals surface area contributed by atoms with Gasteiger partial charge in [0, 0.05) is 24.2 Å². The summed E-state index contributed by atoms with van der Waals surface area (Å²) in [6.45, 7) is 3.72. The van der Waals surface area contributed by atoms with Crippen molar-refractivity contribution < 1.29 is 14.3 Å². The molecule has 0 saturated heterocycles. The summed E-state index contributed by atoms with van der Waals surface area (Å²) in [6, 6.07) is 7.42. The van der Waals surface area contributed by atoms with Crippen LogP contribution in [0.5, 0.6) is 11.5 Å². The lowest BCUT2D eigenvalue weighted by atomic mass is 10.2. The lowest BCUT2D eigenvalue weighted by molar-refractivity contribution is 0.316. The molecule has 2 rings (SSSR count). The number of benzene rings is 1. The fraction of sp³-hybridized carbons (Fsp3) is 0.286. The molecule has 2 N–H and O–H groups in total. The zero-order valence-electron chi connectivity index (χ0n) is 10.3. The van der Waals surface area contributed by atoms with E-state index in [1.165, 1.54) is 0 Å². The highest BCUT2D eigenvalue weighted by Gasteiger charge is 2.07. The Balaban J connectivity index is 1.94. The number of phenols is 1. The molecule has 0 radical (unpaired) electrons. The fourth-order valence-corrected chi connectivity index (χ4v) is 1.72. The average Bonchev–Trinajstić information content (AvgIpc) is 2.87. The van der Waals surface area contributed by atoms with Crippen LogP contribution in [0.1, 0.15) is 18.1 Å². The molecule has 0 amide bonds. The van der Waals surface area contributed by atoms with Gasteiger partial charge in [-0.3, -0.25) is 0 Å². The Morgan fingerprint density at radius 1 is 1.28 bits per heavy atom. The van der Waals surface area contributed by atoms with Gasteiger partial charge in [-0.25, -0.2) is 0 Å². The SMILES string of the molecule is CCOc1cccc(CNCc2ccoc2)c1O. The van der Waals surface area contributed by atoms with Crippen molar-refractivity contribution in [2.24, 2.45) is 0 Å². The molecule has 18 heavy (non-hydrogen) atoms. The number of furan rings is 1. The van der Waals surface area contributed by atoms with E-state index in [-0.39, 0.29) is 5.75 Å². The van der Waals surface area contributed by atoms with E-state index in [4.69, 9.17) is 9.15 Å². The summed E-state index contributed by atoms with van der Waals surface area (Å²) in [6.07, 6.45) is 3.34. The number of hydrogen-bond acceptors (Lipinski definition) is 4. The van der Waals surface area contributed by atoms with Gasteiger partial charge in [-0.1, -0.05) is 12.1 Å². The Bertz CT molecular complexity index is 480. The highest BCUT2D eigenvalue weighted by atomic mass is 16.5. The third-order valence-corrected chi connectivity index (χ3v) is 2.61. The van der Waals surface area contributed by atoms with Crippen molar-refractivity contribution in [3.8, 4) is 11.5 Å². The van der Waals surface area contributed by atoms with Gasteiger partial charge in [0.15, 0.2) is 11.5 Å². The van der Waals surface area contributed by atoms with Crippen molar-refractivity contribution in [2.75, 3.05) is 6.61 Å². The lowest BCUT2D eigenvalue weighted by Crippen LogP contribution is -2.12. The molecule has 96 valence electrons. The van der Waals surface area contributed by atoms with Gasteiger partial charge in [0.05, 0.1) is 19.1 Å². The maximum Gasteiger partial charge on any atom is 0.162 e. The van der Waals surface area contributed by atoms with Gasteiger partial charge >= 0.3 is 0 Å². The van der Waals surface area contributed by atoms with Crippen molar-refractivity contribution in [2.45, 2.75) is 20.0 Å². The molecular formula is C14H17NO3. The fourth-order valence-electron chi connectivity index (χ4n) is 1.72. The van der Waals surface area contributed by atoms with Crippen LogP contribution in [-0.2, 0) is 13.1 Å². The highest BCUT2D eigenvalue weighted by molar-refractivity contribution is 5.45. The molecule has 1 aromatic carbocycles. The molecular weight excluding hydrogens is 230 g/mol. The first kappa shape index (κ1) is 12.5. The monoisotopic (exact) mass is 247 g/mol. The zero-order chi connectivity index (χ0) is 12.8. The van der Waals surface area contributed by atoms with E-state index in [0.717, 1.165) is 11.1 Å². The average molecular weight is 247 g/mol. The van der Waals surface area contributed by atoms with Crippen LogP contribution in [0.2, 0.25) is 0 Å². The van der Waals surface area contributed by atoms with E-state index >= 15 is 0 Å². The van der Waals surface area contributed by atoms with Crippen molar-refractivity contribution in [3.05, 3.63) is 47.9 Å². The van der Waals surface area contributed by atoms with Gasteiger partial charge in [-0.05, 0) is 19.1 Å². The Kier molecular flexibility index (Phi) is 4.25.